The minimum Gasteiger partial charge on any atom is -0.319 e. The molecular weight excluding hydrogens is 316 g/mol. The molecule has 0 atom stereocenters. The maximum Gasteiger partial charge on any atom is 0.258 e. The predicted molar refractivity (Wildman–Crippen MR) is 82.9 cm³/mol. The normalized spacial score (nSPS) is 10.7. The van der Waals surface area contributed by atoms with Crippen molar-refractivity contribution in [1.82, 2.24) is 20.2 Å². The van der Waals surface area contributed by atoms with Crippen LogP contribution in [0.2, 0.25) is 0 Å². The van der Waals surface area contributed by atoms with Gasteiger partial charge in [0.25, 0.3) is 5.91 Å². The molecule has 0 aliphatic carbocycles. The smallest absolute Gasteiger partial charge is 0.258 e. The first kappa shape index (κ1) is 15.7. The summed E-state index contributed by atoms with van der Waals surface area (Å²) < 4.78 is 29.2. The van der Waals surface area contributed by atoms with Crippen LogP contribution in [-0.2, 0) is 0 Å². The molecule has 3 aromatic rings. The van der Waals surface area contributed by atoms with Crippen LogP contribution in [0.4, 0.5) is 14.5 Å². The molecule has 122 valence electrons. The molecule has 0 aliphatic rings. The van der Waals surface area contributed by atoms with Crippen LogP contribution in [0.5, 0.6) is 0 Å². The molecule has 0 radical (unpaired) electrons. The molecule has 0 saturated heterocycles. The summed E-state index contributed by atoms with van der Waals surface area (Å²) in [6.45, 7) is 3.42. The summed E-state index contributed by atoms with van der Waals surface area (Å²) in [5.41, 5.74) is 0.950. The molecule has 0 fully saturated rings. The number of rotatable bonds is 3. The van der Waals surface area contributed by atoms with Gasteiger partial charge in [-0.3, -0.25) is 4.79 Å². The largest absolute Gasteiger partial charge is 0.319 e. The van der Waals surface area contributed by atoms with Gasteiger partial charge in [0, 0.05) is 0 Å². The summed E-state index contributed by atoms with van der Waals surface area (Å²) in [6.07, 6.45) is 0. The van der Waals surface area contributed by atoms with E-state index in [1.165, 1.54) is 35.0 Å². The minimum atomic E-state index is -0.735. The first-order valence-electron chi connectivity index (χ1n) is 7.08. The van der Waals surface area contributed by atoms with Crippen molar-refractivity contribution in [3.8, 4) is 5.69 Å². The van der Waals surface area contributed by atoms with E-state index in [0.29, 0.717) is 11.5 Å². The zero-order valence-electron chi connectivity index (χ0n) is 12.9. The number of halogens is 2. The van der Waals surface area contributed by atoms with Gasteiger partial charge in [0.1, 0.15) is 11.6 Å². The van der Waals surface area contributed by atoms with Gasteiger partial charge in [-0.15, -0.1) is 5.10 Å². The lowest BCUT2D eigenvalue weighted by atomic mass is 10.1. The minimum absolute atomic E-state index is 0.0895. The Hall–Kier alpha value is -3.16. The molecule has 0 unspecified atom stereocenters. The SMILES string of the molecule is Cc1ccc(F)c(C(=O)Nc2cc(-n3nnnc3C)ccc2F)c1. The number of nitrogens with zero attached hydrogens (tertiary/aromatic N) is 4. The third kappa shape index (κ3) is 2.98. The van der Waals surface area contributed by atoms with Gasteiger partial charge >= 0.3 is 0 Å². The number of benzene rings is 2. The van der Waals surface area contributed by atoms with E-state index in [9.17, 15) is 13.6 Å². The first-order chi connectivity index (χ1) is 11.5. The Bertz CT molecular complexity index is 923. The number of aromatic nitrogens is 4. The van der Waals surface area contributed by atoms with E-state index in [4.69, 9.17) is 0 Å². The number of carbonyl (C=O) groups is 1. The monoisotopic (exact) mass is 329 g/mol. The van der Waals surface area contributed by atoms with Gasteiger partial charge in [0.05, 0.1) is 16.9 Å². The van der Waals surface area contributed by atoms with Crippen LogP contribution in [0.3, 0.4) is 0 Å². The Morgan fingerprint density at radius 2 is 1.83 bits per heavy atom. The molecule has 1 aromatic heterocycles. The van der Waals surface area contributed by atoms with Crippen molar-refractivity contribution in [2.45, 2.75) is 13.8 Å². The third-order valence-corrected chi connectivity index (χ3v) is 3.43. The Kier molecular flexibility index (Phi) is 4.03. The van der Waals surface area contributed by atoms with Crippen LogP contribution < -0.4 is 5.32 Å². The fourth-order valence-electron chi connectivity index (χ4n) is 2.21. The number of tetrazole rings is 1. The van der Waals surface area contributed by atoms with Gasteiger partial charge < -0.3 is 5.32 Å². The summed E-state index contributed by atoms with van der Waals surface area (Å²) in [7, 11) is 0. The van der Waals surface area contributed by atoms with E-state index < -0.39 is 17.5 Å². The molecule has 24 heavy (non-hydrogen) atoms. The van der Waals surface area contributed by atoms with Crippen molar-refractivity contribution in [2.75, 3.05) is 5.32 Å². The van der Waals surface area contributed by atoms with E-state index >= 15 is 0 Å². The maximum atomic E-state index is 14.0. The summed E-state index contributed by atoms with van der Waals surface area (Å²) >= 11 is 0. The Morgan fingerprint density at radius 1 is 1.08 bits per heavy atom. The lowest BCUT2D eigenvalue weighted by molar-refractivity contribution is 0.102. The Balaban J connectivity index is 1.94. The van der Waals surface area contributed by atoms with Gasteiger partial charge in [0.2, 0.25) is 0 Å². The highest BCUT2D eigenvalue weighted by Crippen LogP contribution is 2.20. The molecule has 1 N–H and O–H groups in total. The fraction of sp³-hybridized carbons (Fsp3) is 0.125. The molecule has 2 aromatic carbocycles. The standard InChI is InChI=1S/C16H13F2N5O/c1-9-3-5-13(17)12(7-9)16(24)19-15-8-11(4-6-14(15)18)23-10(2)20-21-22-23/h3-8H,1-2H3,(H,19,24). The lowest BCUT2D eigenvalue weighted by Crippen LogP contribution is -2.15. The number of anilines is 1. The predicted octanol–water partition coefficient (Wildman–Crippen LogP) is 2.81. The second-order valence-electron chi connectivity index (χ2n) is 5.24. The molecule has 3 rings (SSSR count). The van der Waals surface area contributed by atoms with Crippen molar-refractivity contribution in [3.63, 3.8) is 0 Å². The number of hydrogen-bond acceptors (Lipinski definition) is 4. The van der Waals surface area contributed by atoms with E-state index in [1.807, 2.05) is 0 Å². The Labute approximate surface area is 136 Å². The molecular formula is C16H13F2N5O. The van der Waals surface area contributed by atoms with E-state index in [1.54, 1.807) is 19.9 Å². The highest BCUT2D eigenvalue weighted by atomic mass is 19.1. The number of nitrogens with one attached hydrogen (secondary N) is 1. The van der Waals surface area contributed by atoms with Crippen molar-refractivity contribution in [3.05, 3.63) is 65.0 Å². The summed E-state index contributed by atoms with van der Waals surface area (Å²) in [5, 5.41) is 13.4. The molecule has 0 aliphatic heterocycles. The zero-order valence-corrected chi connectivity index (χ0v) is 12.9. The molecule has 0 bridgehead atoms. The van der Waals surface area contributed by atoms with Crippen molar-refractivity contribution < 1.29 is 13.6 Å². The average molecular weight is 329 g/mol. The van der Waals surface area contributed by atoms with Crippen molar-refractivity contribution >= 4 is 11.6 Å². The highest BCUT2D eigenvalue weighted by molar-refractivity contribution is 6.04. The lowest BCUT2D eigenvalue weighted by Gasteiger charge is -2.10. The van der Waals surface area contributed by atoms with Gasteiger partial charge in [0.15, 0.2) is 5.82 Å². The molecule has 1 heterocycles. The maximum absolute atomic E-state index is 14.0. The van der Waals surface area contributed by atoms with E-state index in [0.717, 1.165) is 5.56 Å². The highest BCUT2D eigenvalue weighted by Gasteiger charge is 2.15. The van der Waals surface area contributed by atoms with Crippen molar-refractivity contribution in [1.29, 1.82) is 0 Å². The van der Waals surface area contributed by atoms with Crippen LogP contribution in [-0.4, -0.2) is 26.1 Å². The molecule has 0 spiro atoms. The number of amides is 1. The van der Waals surface area contributed by atoms with E-state index in [2.05, 4.69) is 20.8 Å². The van der Waals surface area contributed by atoms with Crippen molar-refractivity contribution in [2.24, 2.45) is 0 Å². The zero-order chi connectivity index (χ0) is 17.3. The van der Waals surface area contributed by atoms with Crippen LogP contribution >= 0.6 is 0 Å². The molecule has 8 heteroatoms. The average Bonchev–Trinajstić information content (AvgIpc) is 2.98. The molecule has 6 nitrogen and oxygen atoms in total. The number of hydrogen-bond donors (Lipinski definition) is 1. The topological polar surface area (TPSA) is 72.7 Å². The van der Waals surface area contributed by atoms with Gasteiger partial charge in [-0.25, -0.2) is 8.78 Å². The number of aryl methyl sites for hydroxylation is 2. The third-order valence-electron chi connectivity index (χ3n) is 3.43. The van der Waals surface area contributed by atoms with Gasteiger partial charge in [-0.05, 0) is 54.6 Å². The van der Waals surface area contributed by atoms with Crippen LogP contribution in [0.1, 0.15) is 21.7 Å². The summed E-state index contributed by atoms with van der Waals surface area (Å²) in [5.74, 6) is -1.55. The quantitative estimate of drug-likeness (QED) is 0.802. The van der Waals surface area contributed by atoms with Gasteiger partial charge in [-0.2, -0.15) is 4.68 Å². The summed E-state index contributed by atoms with van der Waals surface area (Å²) in [6, 6.07) is 8.18. The molecule has 1 amide bonds. The second-order valence-corrected chi connectivity index (χ2v) is 5.24. The van der Waals surface area contributed by atoms with Crippen LogP contribution in [0.25, 0.3) is 5.69 Å². The molecule has 0 saturated carbocycles. The van der Waals surface area contributed by atoms with Crippen LogP contribution in [0, 0.1) is 25.5 Å². The fourth-order valence-corrected chi connectivity index (χ4v) is 2.21. The Morgan fingerprint density at radius 3 is 2.54 bits per heavy atom. The van der Waals surface area contributed by atoms with Crippen LogP contribution in [0.15, 0.2) is 36.4 Å². The van der Waals surface area contributed by atoms with E-state index in [-0.39, 0.29) is 11.3 Å². The number of carbonyl (C=O) groups excluding carboxylic acids is 1. The van der Waals surface area contributed by atoms with Gasteiger partial charge in [-0.1, -0.05) is 11.6 Å². The first-order valence-corrected chi connectivity index (χ1v) is 7.08. The second kappa shape index (κ2) is 6.15. The summed E-state index contributed by atoms with van der Waals surface area (Å²) in [4.78, 5) is 12.2.